The van der Waals surface area contributed by atoms with Crippen LogP contribution in [0.15, 0.2) is 85.0 Å². The van der Waals surface area contributed by atoms with Crippen molar-refractivity contribution < 1.29 is 19.1 Å². The van der Waals surface area contributed by atoms with E-state index in [9.17, 15) is 5.11 Å². The van der Waals surface area contributed by atoms with E-state index in [1.54, 1.807) is 0 Å². The lowest BCUT2D eigenvalue weighted by Crippen LogP contribution is -2.76. The van der Waals surface area contributed by atoms with Crippen LogP contribution in [0.5, 0.6) is 5.75 Å². The minimum Gasteiger partial charge on any atom is -0.486 e. The van der Waals surface area contributed by atoms with Gasteiger partial charge in [0.2, 0.25) is 0 Å². The van der Waals surface area contributed by atoms with Gasteiger partial charge in [-0.05, 0) is 61.4 Å². The van der Waals surface area contributed by atoms with Crippen molar-refractivity contribution in [2.75, 3.05) is 39.5 Å². The number of aliphatic hydroxyl groups is 1. The van der Waals surface area contributed by atoms with Crippen LogP contribution in [0.25, 0.3) is 0 Å². The van der Waals surface area contributed by atoms with Crippen molar-refractivity contribution in [2.45, 2.75) is 62.5 Å². The molecule has 208 valence electrons. The highest BCUT2D eigenvalue weighted by molar-refractivity contribution is 5.30. The third-order valence-corrected chi connectivity index (χ3v) is 10.7. The van der Waals surface area contributed by atoms with Gasteiger partial charge in [0.25, 0.3) is 0 Å². The maximum absolute atomic E-state index is 10.7. The van der Waals surface area contributed by atoms with Gasteiger partial charge in [-0.25, -0.2) is 0 Å². The molecule has 2 bridgehead atoms. The molecule has 0 radical (unpaired) electrons. The molecule has 2 aliphatic carbocycles. The predicted octanol–water partition coefficient (Wildman–Crippen LogP) is 6.53. The highest BCUT2D eigenvalue weighted by atomic mass is 16.5. The molecule has 3 aliphatic heterocycles. The molecule has 0 amide bonds. The normalized spacial score (nSPS) is 31.0. The molecule has 7 rings (SSSR count). The van der Waals surface area contributed by atoms with Gasteiger partial charge in [-0.2, -0.15) is 0 Å². The summed E-state index contributed by atoms with van der Waals surface area (Å²) in [5.74, 6) is 2.62. The summed E-state index contributed by atoms with van der Waals surface area (Å²) < 4.78 is 14.5. The first kappa shape index (κ1) is 26.8. The molecule has 3 atom stereocenters. The SMILES string of the molecule is CC1(OCC(CO)C(c2ccccc2)C2CCCC2)C[N+]2(C3(COc4ccccc4)C=CC=C3)CCC1CC2. The topological polar surface area (TPSA) is 38.7 Å². The summed E-state index contributed by atoms with van der Waals surface area (Å²) in [6.45, 7) is 7.11. The van der Waals surface area contributed by atoms with Gasteiger partial charge in [0, 0.05) is 31.3 Å². The Morgan fingerprint density at radius 3 is 2.18 bits per heavy atom. The predicted molar refractivity (Wildman–Crippen MR) is 157 cm³/mol. The fourth-order valence-corrected chi connectivity index (χ4v) is 8.54. The number of benzene rings is 2. The fraction of sp³-hybridized carbons (Fsp3) is 0.543. The first-order valence-corrected chi connectivity index (χ1v) is 15.3. The Morgan fingerprint density at radius 2 is 1.54 bits per heavy atom. The molecule has 2 aromatic carbocycles. The lowest BCUT2D eigenvalue weighted by Gasteiger charge is -2.62. The Kier molecular flexibility index (Phi) is 7.72. The molecular formula is C35H46NO3+. The van der Waals surface area contributed by atoms with Gasteiger partial charge in [-0.15, -0.1) is 0 Å². The van der Waals surface area contributed by atoms with E-state index < -0.39 is 0 Å². The molecule has 3 saturated heterocycles. The molecule has 3 unspecified atom stereocenters. The van der Waals surface area contributed by atoms with Crippen molar-refractivity contribution in [2.24, 2.45) is 17.8 Å². The second-order valence-electron chi connectivity index (χ2n) is 12.9. The second-order valence-corrected chi connectivity index (χ2v) is 12.9. The number of quaternary nitrogens is 1. The number of fused-ring (bicyclic) bond motifs is 3. The Balaban J connectivity index is 1.21. The summed E-state index contributed by atoms with van der Waals surface area (Å²) in [5.41, 5.74) is 0.997. The van der Waals surface area contributed by atoms with E-state index in [4.69, 9.17) is 9.47 Å². The van der Waals surface area contributed by atoms with Gasteiger partial charge >= 0.3 is 0 Å². The zero-order chi connectivity index (χ0) is 26.8. The van der Waals surface area contributed by atoms with Gasteiger partial charge in [0.15, 0.2) is 12.1 Å². The molecule has 1 N–H and O–H groups in total. The van der Waals surface area contributed by atoms with Gasteiger partial charge in [-0.3, -0.25) is 0 Å². The zero-order valence-electron chi connectivity index (χ0n) is 23.6. The highest BCUT2D eigenvalue weighted by Crippen LogP contribution is 2.49. The maximum atomic E-state index is 10.7. The highest BCUT2D eigenvalue weighted by Gasteiger charge is 2.61. The molecular weight excluding hydrogens is 482 g/mol. The summed E-state index contributed by atoms with van der Waals surface area (Å²) in [4.78, 5) is 0. The van der Waals surface area contributed by atoms with Crippen LogP contribution in [0.1, 0.15) is 56.9 Å². The molecule has 0 spiro atoms. The number of aliphatic hydroxyl groups excluding tert-OH is 1. The summed E-state index contributed by atoms with van der Waals surface area (Å²) in [7, 11) is 0. The average Bonchev–Trinajstić information content (AvgIpc) is 3.69. The van der Waals surface area contributed by atoms with E-state index in [1.807, 2.05) is 30.3 Å². The van der Waals surface area contributed by atoms with Crippen LogP contribution in [-0.4, -0.2) is 60.2 Å². The number of allylic oxidation sites excluding steroid dienone is 2. The number of piperidine rings is 3. The monoisotopic (exact) mass is 528 g/mol. The van der Waals surface area contributed by atoms with Crippen molar-refractivity contribution >= 4 is 0 Å². The van der Waals surface area contributed by atoms with E-state index in [-0.39, 0.29) is 23.7 Å². The average molecular weight is 529 g/mol. The number of ether oxygens (including phenoxy) is 2. The third kappa shape index (κ3) is 5.12. The number of para-hydroxylation sites is 1. The largest absolute Gasteiger partial charge is 0.486 e. The number of hydrogen-bond donors (Lipinski definition) is 1. The van der Waals surface area contributed by atoms with E-state index in [1.165, 1.54) is 44.1 Å². The van der Waals surface area contributed by atoms with Crippen LogP contribution >= 0.6 is 0 Å². The lowest BCUT2D eigenvalue weighted by atomic mass is 9.71. The zero-order valence-corrected chi connectivity index (χ0v) is 23.6. The van der Waals surface area contributed by atoms with Crippen LogP contribution in [0.3, 0.4) is 0 Å². The van der Waals surface area contributed by atoms with E-state index >= 15 is 0 Å². The molecule has 39 heavy (non-hydrogen) atoms. The molecule has 3 heterocycles. The minimum atomic E-state index is -0.204. The Hall–Kier alpha value is -2.40. The number of nitrogens with zero attached hydrogens (tertiary/aromatic N) is 1. The quantitative estimate of drug-likeness (QED) is 0.337. The summed E-state index contributed by atoms with van der Waals surface area (Å²) in [6, 6.07) is 21.1. The number of rotatable bonds is 11. The Labute approximate surface area is 234 Å². The van der Waals surface area contributed by atoms with E-state index in [2.05, 4.69) is 61.6 Å². The van der Waals surface area contributed by atoms with Crippen molar-refractivity contribution in [3.63, 3.8) is 0 Å². The molecule has 2 aromatic rings. The fourth-order valence-electron chi connectivity index (χ4n) is 8.54. The number of hydrogen-bond acceptors (Lipinski definition) is 3. The lowest BCUT2D eigenvalue weighted by molar-refractivity contribution is -0.983. The molecule has 5 aliphatic rings. The van der Waals surface area contributed by atoms with Gasteiger partial charge in [-0.1, -0.05) is 73.5 Å². The first-order valence-electron chi connectivity index (χ1n) is 15.3. The molecule has 1 saturated carbocycles. The van der Waals surface area contributed by atoms with Crippen LogP contribution < -0.4 is 4.74 Å². The summed E-state index contributed by atoms with van der Waals surface area (Å²) in [5, 5.41) is 10.7. The van der Waals surface area contributed by atoms with Crippen LogP contribution in [0.2, 0.25) is 0 Å². The summed E-state index contributed by atoms with van der Waals surface area (Å²) in [6.07, 6.45) is 16.7. The minimum absolute atomic E-state index is 0.123. The second kappa shape index (κ2) is 11.2. The van der Waals surface area contributed by atoms with Crippen molar-refractivity contribution in [3.05, 3.63) is 90.5 Å². The van der Waals surface area contributed by atoms with Crippen molar-refractivity contribution in [1.29, 1.82) is 0 Å². The van der Waals surface area contributed by atoms with Crippen molar-refractivity contribution in [1.82, 2.24) is 0 Å². The standard InChI is InChI=1S/C35H46NO3/c1-34(39-25-30(24-37)33(29-14-8-9-15-29)28-12-4-2-5-13-28)26-36(22-18-31(34)19-23-36)35(20-10-11-21-35)27-38-32-16-6-3-7-17-32/h2-7,10-13,16-17,20-21,29-31,33,37H,8-9,14-15,18-19,22-27H2,1H3/q+1. The Bertz CT molecular complexity index is 1120. The van der Waals surface area contributed by atoms with E-state index in [0.717, 1.165) is 29.9 Å². The van der Waals surface area contributed by atoms with Crippen LogP contribution in [-0.2, 0) is 4.74 Å². The van der Waals surface area contributed by atoms with Crippen LogP contribution in [0, 0.1) is 17.8 Å². The van der Waals surface area contributed by atoms with E-state index in [0.29, 0.717) is 31.0 Å². The van der Waals surface area contributed by atoms with Gasteiger partial charge in [0.05, 0.1) is 19.7 Å². The van der Waals surface area contributed by atoms with Gasteiger partial charge < -0.3 is 19.1 Å². The molecule has 4 nitrogen and oxygen atoms in total. The molecule has 4 heteroatoms. The van der Waals surface area contributed by atoms with Crippen molar-refractivity contribution in [3.8, 4) is 5.75 Å². The third-order valence-electron chi connectivity index (χ3n) is 10.7. The molecule has 4 fully saturated rings. The van der Waals surface area contributed by atoms with Crippen LogP contribution in [0.4, 0.5) is 0 Å². The Morgan fingerprint density at radius 1 is 0.897 bits per heavy atom. The molecule has 0 aromatic heterocycles. The van der Waals surface area contributed by atoms with Gasteiger partial charge in [0.1, 0.15) is 17.9 Å². The first-order chi connectivity index (χ1) is 19.1. The summed E-state index contributed by atoms with van der Waals surface area (Å²) >= 11 is 0. The smallest absolute Gasteiger partial charge is 0.172 e. The maximum Gasteiger partial charge on any atom is 0.172 e.